The van der Waals surface area contributed by atoms with Crippen molar-refractivity contribution in [2.75, 3.05) is 0 Å². The quantitative estimate of drug-likeness (QED) is 0.0595. The number of rotatable bonds is 25. The van der Waals surface area contributed by atoms with Gasteiger partial charge in [0.05, 0.1) is 6.42 Å². The van der Waals surface area contributed by atoms with E-state index in [2.05, 4.69) is 31.9 Å². The number of benzene rings is 3. The van der Waals surface area contributed by atoms with E-state index in [4.69, 9.17) is 0 Å². The smallest absolute Gasteiger partial charge is 0.326 e. The Morgan fingerprint density at radius 3 is 1.40 bits per heavy atom. The lowest BCUT2D eigenvalue weighted by molar-refractivity contribution is -0.142. The number of hydrogen-bond donors (Lipinski definition) is 9. The van der Waals surface area contributed by atoms with Gasteiger partial charge in [0.25, 0.3) is 0 Å². The summed E-state index contributed by atoms with van der Waals surface area (Å²) in [5, 5.41) is 45.2. The molecule has 0 radical (unpaired) electrons. The predicted octanol–water partition coefficient (Wildman–Crippen LogP) is 3.39. The maximum absolute atomic E-state index is 14.3. The Morgan fingerprint density at radius 1 is 0.523 bits per heavy atom. The van der Waals surface area contributed by atoms with E-state index < -0.39 is 108 Å². The van der Waals surface area contributed by atoms with Gasteiger partial charge in [-0.25, -0.2) is 4.79 Å². The van der Waals surface area contributed by atoms with Gasteiger partial charge in [-0.05, 0) is 53.0 Å². The molecule has 17 nitrogen and oxygen atoms in total. The minimum absolute atomic E-state index is 0.0202. The fourth-order valence-corrected chi connectivity index (χ4v) is 7.27. The van der Waals surface area contributed by atoms with Crippen molar-refractivity contribution in [1.29, 1.82) is 0 Å². The maximum Gasteiger partial charge on any atom is 0.326 e. The number of nitrogens with one attached hydrogen (secondary N) is 6. The monoisotopic (exact) mass is 900 g/mol. The Hall–Kier alpha value is -6.78. The van der Waals surface area contributed by atoms with Gasteiger partial charge in [-0.2, -0.15) is 0 Å². The molecule has 17 heteroatoms. The van der Waals surface area contributed by atoms with Crippen molar-refractivity contribution in [2.24, 2.45) is 17.8 Å². The molecular formula is C48H64N6O11. The van der Waals surface area contributed by atoms with Gasteiger partial charge in [0.2, 0.25) is 35.4 Å². The average molecular weight is 901 g/mol. The molecular weight excluding hydrogens is 837 g/mol. The molecule has 0 saturated heterocycles. The van der Waals surface area contributed by atoms with Crippen molar-refractivity contribution in [3.05, 3.63) is 102 Å². The van der Waals surface area contributed by atoms with Crippen LogP contribution in [0, 0.1) is 17.8 Å². The van der Waals surface area contributed by atoms with E-state index in [1.54, 1.807) is 65.8 Å². The standard InChI is InChI=1S/C48H64N6O11/c1-8-28(5)40(45(61)52-37(48(64)65)25-31-20-22-34(56)23-21-31)54-46(62)41(29(6)9-2)53-44(60)36(26-38(57)58)50-43(59)35(24-27(3)4)51-47(63)42(49-30(7)55)39(32-16-12-10-13-17-32)33-18-14-11-15-19-33/h10-23,27-29,35-37,39-42,56H,8-9,24-26H2,1-7H3,(H,49,55)(H,50,59)(H,51,63)(H,52,61)(H,53,60)(H,54,62)(H,57,58)(H,64,65)/t28-,29-,35-,36-,37-,40-,41-,42+/m0/s1. The molecule has 0 unspecified atom stereocenters. The number of phenols is 1. The van der Waals surface area contributed by atoms with Crippen LogP contribution in [0.15, 0.2) is 84.9 Å². The normalized spacial score (nSPS) is 14.8. The average Bonchev–Trinajstić information content (AvgIpc) is 3.26. The summed E-state index contributed by atoms with van der Waals surface area (Å²) < 4.78 is 0. The summed E-state index contributed by atoms with van der Waals surface area (Å²) in [7, 11) is 0. The maximum atomic E-state index is 14.3. The highest BCUT2D eigenvalue weighted by molar-refractivity contribution is 5.98. The minimum atomic E-state index is -1.73. The third-order valence-corrected chi connectivity index (χ3v) is 11.2. The van der Waals surface area contributed by atoms with Crippen LogP contribution < -0.4 is 31.9 Å². The number of hydrogen-bond acceptors (Lipinski definition) is 9. The van der Waals surface area contributed by atoms with Crippen molar-refractivity contribution in [3.8, 4) is 5.75 Å². The number of aliphatic carboxylic acids is 2. The summed E-state index contributed by atoms with van der Waals surface area (Å²) in [4.78, 5) is 107. The van der Waals surface area contributed by atoms with Crippen LogP contribution in [0.5, 0.6) is 5.75 Å². The molecule has 0 aliphatic carbocycles. The third kappa shape index (κ3) is 16.4. The number of carboxylic acid groups (broad SMARTS) is 2. The lowest BCUT2D eigenvalue weighted by atomic mass is 9.84. The van der Waals surface area contributed by atoms with Gasteiger partial charge >= 0.3 is 11.9 Å². The van der Waals surface area contributed by atoms with E-state index in [-0.39, 0.29) is 24.5 Å². The molecule has 0 fully saturated rings. The number of amides is 6. The zero-order chi connectivity index (χ0) is 48.4. The van der Waals surface area contributed by atoms with E-state index in [0.717, 1.165) is 0 Å². The van der Waals surface area contributed by atoms with Crippen LogP contribution in [-0.4, -0.2) is 99.0 Å². The van der Waals surface area contributed by atoms with Crippen molar-refractivity contribution in [3.63, 3.8) is 0 Å². The fraction of sp³-hybridized carbons (Fsp3) is 0.458. The molecule has 3 aromatic carbocycles. The molecule has 9 N–H and O–H groups in total. The summed E-state index contributed by atoms with van der Waals surface area (Å²) in [6, 6.07) is 15.7. The molecule has 0 heterocycles. The lowest BCUT2D eigenvalue weighted by Gasteiger charge is -2.31. The molecule has 0 bridgehead atoms. The van der Waals surface area contributed by atoms with Gasteiger partial charge in [-0.3, -0.25) is 33.6 Å². The summed E-state index contributed by atoms with van der Waals surface area (Å²) >= 11 is 0. The number of phenolic OH excluding ortho intramolecular Hbond substituents is 1. The molecule has 8 atom stereocenters. The van der Waals surface area contributed by atoms with Crippen molar-refractivity contribution in [1.82, 2.24) is 31.9 Å². The zero-order valence-electron chi connectivity index (χ0n) is 38.0. The SMILES string of the molecule is CC[C@H](C)[C@H](NC(=O)[C@H](CC(=O)O)NC(=O)[C@H](CC(C)C)NC(=O)[C@H](NC(C)=O)C(c1ccccc1)c1ccccc1)C(=O)N[C@H](C(=O)N[C@@H](Cc1ccc(O)cc1)C(=O)O)[C@@H](C)CC. The number of carbonyl (C=O) groups excluding carboxylic acids is 6. The van der Waals surface area contributed by atoms with E-state index >= 15 is 0 Å². The largest absolute Gasteiger partial charge is 0.508 e. The lowest BCUT2D eigenvalue weighted by Crippen LogP contribution is -2.61. The highest BCUT2D eigenvalue weighted by Gasteiger charge is 2.38. The minimum Gasteiger partial charge on any atom is -0.508 e. The van der Waals surface area contributed by atoms with E-state index in [0.29, 0.717) is 29.5 Å². The Morgan fingerprint density at radius 2 is 0.954 bits per heavy atom. The summed E-state index contributed by atoms with van der Waals surface area (Å²) in [5.74, 6) is -9.49. The van der Waals surface area contributed by atoms with Crippen LogP contribution in [0.1, 0.15) is 96.8 Å². The number of aromatic hydroxyl groups is 1. The Bertz CT molecular complexity index is 2040. The fourth-order valence-electron chi connectivity index (χ4n) is 7.27. The molecule has 0 spiro atoms. The molecule has 0 aliphatic rings. The van der Waals surface area contributed by atoms with Crippen molar-refractivity contribution < 1.29 is 53.7 Å². The first kappa shape index (κ1) is 52.6. The van der Waals surface area contributed by atoms with Gasteiger partial charge < -0.3 is 47.2 Å². The van der Waals surface area contributed by atoms with Crippen molar-refractivity contribution in [2.45, 2.75) is 123 Å². The molecule has 3 rings (SSSR count). The zero-order valence-corrected chi connectivity index (χ0v) is 38.0. The summed E-state index contributed by atoms with van der Waals surface area (Å²) in [5.41, 5.74) is 1.94. The summed E-state index contributed by atoms with van der Waals surface area (Å²) in [6.45, 7) is 11.7. The predicted molar refractivity (Wildman–Crippen MR) is 242 cm³/mol. The Kier molecular flexibility index (Phi) is 20.6. The Labute approximate surface area is 379 Å². The molecule has 0 aromatic heterocycles. The van der Waals surface area contributed by atoms with E-state index in [1.165, 1.54) is 31.2 Å². The van der Waals surface area contributed by atoms with E-state index in [9.17, 15) is 53.7 Å². The molecule has 0 saturated carbocycles. The van der Waals surface area contributed by atoms with Crippen LogP contribution in [-0.2, 0) is 44.8 Å². The highest BCUT2D eigenvalue weighted by Crippen LogP contribution is 2.29. The van der Waals surface area contributed by atoms with Crippen LogP contribution in [0.4, 0.5) is 0 Å². The topological polar surface area (TPSA) is 269 Å². The van der Waals surface area contributed by atoms with Gasteiger partial charge in [-0.1, -0.05) is 127 Å². The van der Waals surface area contributed by atoms with Gasteiger partial charge in [0.15, 0.2) is 0 Å². The molecule has 0 aliphatic heterocycles. The van der Waals surface area contributed by atoms with Gasteiger partial charge in [-0.15, -0.1) is 0 Å². The number of carbonyl (C=O) groups is 8. The first-order valence-corrected chi connectivity index (χ1v) is 21.9. The second kappa shape index (κ2) is 25.5. The molecule has 6 amide bonds. The highest BCUT2D eigenvalue weighted by atomic mass is 16.4. The molecule has 3 aromatic rings. The van der Waals surface area contributed by atoms with E-state index in [1.807, 2.05) is 36.4 Å². The second-order valence-electron chi connectivity index (χ2n) is 16.8. The van der Waals surface area contributed by atoms with Crippen LogP contribution in [0.3, 0.4) is 0 Å². The van der Waals surface area contributed by atoms with Gasteiger partial charge in [0.1, 0.15) is 42.0 Å². The second-order valence-corrected chi connectivity index (χ2v) is 16.8. The third-order valence-electron chi connectivity index (χ3n) is 11.2. The molecule has 65 heavy (non-hydrogen) atoms. The number of carboxylic acids is 2. The summed E-state index contributed by atoms with van der Waals surface area (Å²) in [6.07, 6.45) is -0.234. The van der Waals surface area contributed by atoms with Gasteiger partial charge in [0, 0.05) is 19.3 Å². The van der Waals surface area contributed by atoms with Crippen LogP contribution >= 0.6 is 0 Å². The first-order chi connectivity index (χ1) is 30.7. The molecule has 352 valence electrons. The Balaban J connectivity index is 1.89. The van der Waals surface area contributed by atoms with Crippen LogP contribution in [0.2, 0.25) is 0 Å². The first-order valence-electron chi connectivity index (χ1n) is 21.9. The van der Waals surface area contributed by atoms with Crippen molar-refractivity contribution >= 4 is 47.4 Å². The van der Waals surface area contributed by atoms with Crippen LogP contribution in [0.25, 0.3) is 0 Å².